The molecule has 2 heterocycles. The Kier molecular flexibility index (Phi) is 3.62. The van der Waals surface area contributed by atoms with Crippen molar-refractivity contribution in [1.82, 2.24) is 14.6 Å². The predicted octanol–water partition coefficient (Wildman–Crippen LogP) is 2.85. The number of fused-ring (bicyclic) bond motifs is 1. The van der Waals surface area contributed by atoms with Crippen LogP contribution in [0.4, 0.5) is 17.6 Å². The maximum Gasteiger partial charge on any atom is 0.419 e. The normalized spacial score (nSPS) is 11.9. The Bertz CT molecular complexity index is 1070. The van der Waals surface area contributed by atoms with Crippen LogP contribution in [0, 0.1) is 12.7 Å². The lowest BCUT2D eigenvalue weighted by Gasteiger charge is -2.07. The van der Waals surface area contributed by atoms with E-state index in [1.165, 1.54) is 19.1 Å². The largest absolute Gasteiger partial charge is 0.478 e. The molecule has 6 nitrogen and oxygen atoms in total. The summed E-state index contributed by atoms with van der Waals surface area (Å²) in [6.45, 7) is 1.51. The SMILES string of the molecule is Cc1ccc(-c2nn3cc(C(=O)O)c(C(F)(F)F)c3c(=O)[nH]2)cc1F. The number of benzene rings is 1. The first-order chi connectivity index (χ1) is 11.6. The predicted molar refractivity (Wildman–Crippen MR) is 77.9 cm³/mol. The van der Waals surface area contributed by atoms with Gasteiger partial charge in [0.15, 0.2) is 5.82 Å². The molecule has 10 heteroatoms. The first-order valence-electron chi connectivity index (χ1n) is 6.82. The summed E-state index contributed by atoms with van der Waals surface area (Å²) < 4.78 is 53.7. The van der Waals surface area contributed by atoms with E-state index < -0.39 is 40.2 Å². The van der Waals surface area contributed by atoms with Gasteiger partial charge >= 0.3 is 12.1 Å². The van der Waals surface area contributed by atoms with Gasteiger partial charge in [0.05, 0.1) is 5.56 Å². The first kappa shape index (κ1) is 16.7. The Hall–Kier alpha value is -3.17. The number of H-pyrrole nitrogens is 1. The number of aromatic carboxylic acids is 1. The molecule has 2 aromatic heterocycles. The fourth-order valence-corrected chi connectivity index (χ4v) is 2.41. The standard InChI is InChI=1S/C15H9F4N3O3/c1-6-2-3-7(4-9(6)16)12-20-13(23)11-10(15(17,18)19)8(14(24)25)5-22(11)21-12/h2-5H,1H3,(H,24,25)(H,20,21,23). The number of carboxylic acids is 1. The molecule has 0 aliphatic carbocycles. The average molecular weight is 355 g/mol. The molecule has 0 fully saturated rings. The molecule has 0 bridgehead atoms. The summed E-state index contributed by atoms with van der Waals surface area (Å²) >= 11 is 0. The van der Waals surface area contributed by atoms with Gasteiger partial charge in [-0.2, -0.15) is 13.2 Å². The van der Waals surface area contributed by atoms with Gasteiger partial charge in [-0.15, -0.1) is 5.10 Å². The van der Waals surface area contributed by atoms with Gasteiger partial charge in [-0.05, 0) is 18.6 Å². The minimum Gasteiger partial charge on any atom is -0.478 e. The van der Waals surface area contributed by atoms with Crippen LogP contribution < -0.4 is 5.56 Å². The molecule has 0 unspecified atom stereocenters. The van der Waals surface area contributed by atoms with Crippen molar-refractivity contribution in [2.45, 2.75) is 13.1 Å². The Labute approximate surface area is 136 Å². The van der Waals surface area contributed by atoms with Crippen molar-refractivity contribution >= 4 is 11.5 Å². The van der Waals surface area contributed by atoms with Crippen molar-refractivity contribution in [1.29, 1.82) is 0 Å². The van der Waals surface area contributed by atoms with E-state index >= 15 is 0 Å². The number of hydrogen-bond donors (Lipinski definition) is 2. The fraction of sp³-hybridized carbons (Fsp3) is 0.133. The van der Waals surface area contributed by atoms with Gasteiger partial charge in [-0.25, -0.2) is 13.7 Å². The van der Waals surface area contributed by atoms with Crippen molar-refractivity contribution in [2.75, 3.05) is 0 Å². The van der Waals surface area contributed by atoms with Crippen LogP contribution in [0.2, 0.25) is 0 Å². The van der Waals surface area contributed by atoms with E-state index in [2.05, 4.69) is 10.1 Å². The summed E-state index contributed by atoms with van der Waals surface area (Å²) in [5, 5.41) is 12.8. The Morgan fingerprint density at radius 2 is 2.00 bits per heavy atom. The number of hydrogen-bond acceptors (Lipinski definition) is 3. The molecule has 25 heavy (non-hydrogen) atoms. The zero-order chi connectivity index (χ0) is 18.5. The lowest BCUT2D eigenvalue weighted by molar-refractivity contribution is -0.136. The van der Waals surface area contributed by atoms with Crippen LogP contribution in [-0.2, 0) is 6.18 Å². The number of alkyl halides is 3. The molecule has 3 aromatic rings. The number of aromatic amines is 1. The third-order valence-corrected chi connectivity index (χ3v) is 3.60. The summed E-state index contributed by atoms with van der Waals surface area (Å²) in [7, 11) is 0. The number of rotatable bonds is 2. The summed E-state index contributed by atoms with van der Waals surface area (Å²) in [4.78, 5) is 25.3. The maximum absolute atomic E-state index is 13.7. The van der Waals surface area contributed by atoms with E-state index in [0.717, 1.165) is 6.07 Å². The third kappa shape index (κ3) is 2.75. The number of nitrogens with one attached hydrogen (secondary N) is 1. The quantitative estimate of drug-likeness (QED) is 0.692. The van der Waals surface area contributed by atoms with E-state index in [1.54, 1.807) is 0 Å². The number of carbonyl (C=O) groups is 1. The monoisotopic (exact) mass is 355 g/mol. The van der Waals surface area contributed by atoms with Crippen LogP contribution in [0.3, 0.4) is 0 Å². The smallest absolute Gasteiger partial charge is 0.419 e. The lowest BCUT2D eigenvalue weighted by atomic mass is 10.1. The van der Waals surface area contributed by atoms with Gasteiger partial charge in [0.1, 0.15) is 16.9 Å². The van der Waals surface area contributed by atoms with E-state index in [4.69, 9.17) is 5.11 Å². The first-order valence-corrected chi connectivity index (χ1v) is 6.82. The molecule has 0 radical (unpaired) electrons. The minimum atomic E-state index is -5.06. The van der Waals surface area contributed by atoms with Gasteiger partial charge in [0, 0.05) is 11.8 Å². The second-order valence-corrected chi connectivity index (χ2v) is 5.28. The molecule has 0 aliphatic rings. The summed E-state index contributed by atoms with van der Waals surface area (Å²) in [5.74, 6) is -2.63. The van der Waals surface area contributed by atoms with E-state index in [0.29, 0.717) is 16.3 Å². The highest BCUT2D eigenvalue weighted by molar-refractivity contribution is 5.92. The highest BCUT2D eigenvalue weighted by Gasteiger charge is 2.40. The molecule has 1 aromatic carbocycles. The number of aryl methyl sites for hydroxylation is 1. The zero-order valence-electron chi connectivity index (χ0n) is 12.5. The molecule has 0 aliphatic heterocycles. The van der Waals surface area contributed by atoms with E-state index in [1.807, 2.05) is 0 Å². The second-order valence-electron chi connectivity index (χ2n) is 5.28. The molecule has 3 rings (SSSR count). The Morgan fingerprint density at radius 3 is 2.56 bits per heavy atom. The van der Waals surface area contributed by atoms with Crippen molar-refractivity contribution in [2.24, 2.45) is 0 Å². The number of aromatic nitrogens is 3. The molecule has 0 saturated heterocycles. The van der Waals surface area contributed by atoms with Crippen LogP contribution in [0.1, 0.15) is 21.5 Å². The molecule has 130 valence electrons. The van der Waals surface area contributed by atoms with Gasteiger partial charge in [-0.1, -0.05) is 12.1 Å². The summed E-state index contributed by atoms with van der Waals surface area (Å²) in [6.07, 6.45) is -4.46. The Morgan fingerprint density at radius 1 is 1.32 bits per heavy atom. The molecular formula is C15H9F4N3O3. The highest BCUT2D eigenvalue weighted by Crippen LogP contribution is 2.35. The van der Waals surface area contributed by atoms with Crippen molar-refractivity contribution in [3.05, 3.63) is 57.3 Å². The van der Waals surface area contributed by atoms with Crippen LogP contribution in [-0.4, -0.2) is 25.7 Å². The van der Waals surface area contributed by atoms with Gasteiger partial charge in [0.2, 0.25) is 0 Å². The van der Waals surface area contributed by atoms with E-state index in [9.17, 15) is 27.2 Å². The fourth-order valence-electron chi connectivity index (χ4n) is 2.41. The molecule has 0 amide bonds. The van der Waals surface area contributed by atoms with Crippen molar-refractivity contribution in [3.8, 4) is 11.4 Å². The molecule has 2 N–H and O–H groups in total. The molecular weight excluding hydrogens is 346 g/mol. The number of nitrogens with zero attached hydrogens (tertiary/aromatic N) is 2. The molecule has 0 atom stereocenters. The maximum atomic E-state index is 13.7. The third-order valence-electron chi connectivity index (χ3n) is 3.60. The lowest BCUT2D eigenvalue weighted by Crippen LogP contribution is -2.18. The van der Waals surface area contributed by atoms with Crippen molar-refractivity contribution in [3.63, 3.8) is 0 Å². The molecule has 0 saturated carbocycles. The minimum absolute atomic E-state index is 0.126. The van der Waals surface area contributed by atoms with Crippen LogP contribution in [0.25, 0.3) is 16.9 Å². The topological polar surface area (TPSA) is 87.5 Å². The van der Waals surface area contributed by atoms with Gasteiger partial charge in [-0.3, -0.25) is 4.79 Å². The summed E-state index contributed by atoms with van der Waals surface area (Å²) in [5.41, 5.74) is -4.36. The summed E-state index contributed by atoms with van der Waals surface area (Å²) in [6, 6.07) is 3.90. The number of halogens is 4. The van der Waals surface area contributed by atoms with Crippen LogP contribution >= 0.6 is 0 Å². The van der Waals surface area contributed by atoms with Gasteiger partial charge in [0.25, 0.3) is 5.56 Å². The van der Waals surface area contributed by atoms with Crippen LogP contribution in [0.15, 0.2) is 29.2 Å². The number of carboxylic acid groups (broad SMARTS) is 1. The van der Waals surface area contributed by atoms with Crippen LogP contribution in [0.5, 0.6) is 0 Å². The zero-order valence-corrected chi connectivity index (χ0v) is 12.5. The average Bonchev–Trinajstić information content (AvgIpc) is 2.90. The Balaban J connectivity index is 2.33. The second kappa shape index (κ2) is 5.43. The highest BCUT2D eigenvalue weighted by atomic mass is 19.4. The molecule has 0 spiro atoms. The van der Waals surface area contributed by atoms with Crippen molar-refractivity contribution < 1.29 is 27.5 Å². The van der Waals surface area contributed by atoms with E-state index in [-0.39, 0.29) is 11.4 Å². The van der Waals surface area contributed by atoms with Gasteiger partial charge < -0.3 is 10.1 Å².